The first-order valence-electron chi connectivity index (χ1n) is 7.97. The molecule has 0 radical (unpaired) electrons. The molecule has 0 spiro atoms. The highest BCUT2D eigenvalue weighted by molar-refractivity contribution is 9.11. The number of hydrogen-bond acceptors (Lipinski definition) is 7. The van der Waals surface area contributed by atoms with Crippen molar-refractivity contribution in [3.05, 3.63) is 72.8 Å². The number of anilines is 1. The molecule has 0 saturated carbocycles. The number of thiazole rings is 1. The lowest BCUT2D eigenvalue weighted by molar-refractivity contribution is 0.474. The van der Waals surface area contributed by atoms with Gasteiger partial charge in [-0.2, -0.15) is 5.10 Å². The van der Waals surface area contributed by atoms with Gasteiger partial charge in [0.05, 0.1) is 21.9 Å². The second-order valence-electron chi connectivity index (χ2n) is 5.72. The summed E-state index contributed by atoms with van der Waals surface area (Å²) in [7, 11) is 0. The largest absolute Gasteiger partial charge is 0.507 e. The monoisotopic (exact) mass is 519 g/mol. The summed E-state index contributed by atoms with van der Waals surface area (Å²) in [5, 5.41) is 16.8. The SMILES string of the molecule is O=c1oc2c(Br)cc(Br)cc2cc1-c1csc(N/N=C\c2ccccc2O)n1. The molecule has 0 atom stereocenters. The number of fused-ring (bicyclic) bond motifs is 1. The summed E-state index contributed by atoms with van der Waals surface area (Å²) in [6.45, 7) is 0. The van der Waals surface area contributed by atoms with Crippen LogP contribution in [0.1, 0.15) is 5.56 Å². The number of phenolic OH excluding ortho intramolecular Hbond substituents is 1. The minimum absolute atomic E-state index is 0.138. The van der Waals surface area contributed by atoms with Crippen LogP contribution in [0.15, 0.2) is 71.1 Å². The average Bonchev–Trinajstić information content (AvgIpc) is 3.12. The maximum absolute atomic E-state index is 12.4. The smallest absolute Gasteiger partial charge is 0.345 e. The third-order valence-corrected chi connectivity index (χ3v) is 5.63. The van der Waals surface area contributed by atoms with E-state index in [4.69, 9.17) is 4.42 Å². The van der Waals surface area contributed by atoms with Crippen molar-refractivity contribution < 1.29 is 9.52 Å². The molecule has 9 heteroatoms. The van der Waals surface area contributed by atoms with Crippen LogP contribution in [0.25, 0.3) is 22.2 Å². The van der Waals surface area contributed by atoms with Gasteiger partial charge in [0.2, 0.25) is 5.13 Å². The van der Waals surface area contributed by atoms with Gasteiger partial charge in [0.1, 0.15) is 5.75 Å². The Morgan fingerprint density at radius 2 is 2.04 bits per heavy atom. The van der Waals surface area contributed by atoms with Crippen molar-refractivity contribution in [1.29, 1.82) is 0 Å². The molecule has 0 aliphatic heterocycles. The normalized spacial score (nSPS) is 11.4. The highest BCUT2D eigenvalue weighted by atomic mass is 79.9. The summed E-state index contributed by atoms with van der Waals surface area (Å²) in [4.78, 5) is 16.8. The van der Waals surface area contributed by atoms with Crippen LogP contribution in [-0.2, 0) is 0 Å². The third-order valence-electron chi connectivity index (χ3n) is 3.83. The molecule has 2 aromatic carbocycles. The van der Waals surface area contributed by atoms with Crippen molar-refractivity contribution in [2.45, 2.75) is 0 Å². The summed E-state index contributed by atoms with van der Waals surface area (Å²) < 4.78 is 7.02. The Balaban J connectivity index is 1.61. The van der Waals surface area contributed by atoms with E-state index in [0.717, 1.165) is 9.86 Å². The molecule has 4 rings (SSSR count). The van der Waals surface area contributed by atoms with Gasteiger partial charge in [0.15, 0.2) is 5.58 Å². The molecule has 0 fully saturated rings. The lowest BCUT2D eigenvalue weighted by Crippen LogP contribution is -2.03. The number of hydrazone groups is 1. The summed E-state index contributed by atoms with van der Waals surface area (Å²) in [5.41, 5.74) is 4.27. The zero-order valence-corrected chi connectivity index (χ0v) is 18.0. The molecular weight excluding hydrogens is 510 g/mol. The first-order valence-corrected chi connectivity index (χ1v) is 10.4. The van der Waals surface area contributed by atoms with E-state index in [2.05, 4.69) is 47.4 Å². The molecule has 0 bridgehead atoms. The topological polar surface area (TPSA) is 87.7 Å². The predicted octanol–water partition coefficient (Wildman–Crippen LogP) is 5.59. The molecule has 0 amide bonds. The first-order chi connectivity index (χ1) is 13.5. The molecule has 6 nitrogen and oxygen atoms in total. The van der Waals surface area contributed by atoms with E-state index in [1.54, 1.807) is 35.7 Å². The summed E-state index contributed by atoms with van der Waals surface area (Å²) in [6.07, 6.45) is 1.50. The van der Waals surface area contributed by atoms with E-state index in [0.29, 0.717) is 32.0 Å². The second kappa shape index (κ2) is 7.86. The number of aromatic hydroxyl groups is 1. The third kappa shape index (κ3) is 3.87. The number of phenols is 1. The van der Waals surface area contributed by atoms with Crippen LogP contribution in [0.2, 0.25) is 0 Å². The number of nitrogens with zero attached hydrogens (tertiary/aromatic N) is 2. The van der Waals surface area contributed by atoms with E-state index < -0.39 is 5.63 Å². The van der Waals surface area contributed by atoms with Crippen molar-refractivity contribution >= 4 is 65.5 Å². The number of rotatable bonds is 4. The van der Waals surface area contributed by atoms with E-state index in [-0.39, 0.29) is 5.75 Å². The molecule has 2 aromatic heterocycles. The number of hydrogen-bond donors (Lipinski definition) is 2. The van der Waals surface area contributed by atoms with Crippen LogP contribution in [-0.4, -0.2) is 16.3 Å². The van der Waals surface area contributed by atoms with Crippen LogP contribution in [0.4, 0.5) is 5.13 Å². The fourth-order valence-electron chi connectivity index (χ4n) is 2.54. The Labute approximate surface area is 179 Å². The van der Waals surface area contributed by atoms with Gasteiger partial charge in [-0.3, -0.25) is 5.43 Å². The fourth-order valence-corrected chi connectivity index (χ4v) is 4.54. The molecule has 2 N–H and O–H groups in total. The number of halogens is 2. The van der Waals surface area contributed by atoms with Gasteiger partial charge in [-0.1, -0.05) is 28.1 Å². The molecular formula is C19H11Br2N3O3S. The van der Waals surface area contributed by atoms with Crippen molar-refractivity contribution in [2.75, 3.05) is 5.43 Å². The Morgan fingerprint density at radius 1 is 1.21 bits per heavy atom. The quantitative estimate of drug-likeness (QED) is 0.208. The number of aromatic nitrogens is 1. The van der Waals surface area contributed by atoms with Gasteiger partial charge >= 0.3 is 5.63 Å². The van der Waals surface area contributed by atoms with Gasteiger partial charge in [0.25, 0.3) is 0 Å². The molecule has 0 unspecified atom stereocenters. The minimum Gasteiger partial charge on any atom is -0.507 e. The predicted molar refractivity (Wildman–Crippen MR) is 118 cm³/mol. The first kappa shape index (κ1) is 18.9. The van der Waals surface area contributed by atoms with E-state index >= 15 is 0 Å². The van der Waals surface area contributed by atoms with E-state index in [1.807, 2.05) is 12.1 Å². The van der Waals surface area contributed by atoms with E-state index in [1.165, 1.54) is 17.6 Å². The lowest BCUT2D eigenvalue weighted by Gasteiger charge is -2.03. The summed E-state index contributed by atoms with van der Waals surface area (Å²) in [5.74, 6) is 0.138. The van der Waals surface area contributed by atoms with Gasteiger partial charge in [-0.25, -0.2) is 9.78 Å². The van der Waals surface area contributed by atoms with Gasteiger partial charge in [-0.05, 0) is 46.3 Å². The molecule has 0 saturated heterocycles. The summed E-state index contributed by atoms with van der Waals surface area (Å²) >= 11 is 8.14. The Bertz CT molecular complexity index is 1270. The van der Waals surface area contributed by atoms with Crippen LogP contribution in [0, 0.1) is 0 Å². The molecule has 4 aromatic rings. The van der Waals surface area contributed by atoms with Crippen molar-refractivity contribution in [2.24, 2.45) is 5.10 Å². The molecule has 0 aliphatic carbocycles. The van der Waals surface area contributed by atoms with Crippen molar-refractivity contribution in [3.63, 3.8) is 0 Å². The highest BCUT2D eigenvalue weighted by Crippen LogP contribution is 2.31. The Kier molecular flexibility index (Phi) is 5.29. The maximum atomic E-state index is 12.4. The molecule has 28 heavy (non-hydrogen) atoms. The zero-order valence-electron chi connectivity index (χ0n) is 14.0. The van der Waals surface area contributed by atoms with Crippen LogP contribution in [0.3, 0.4) is 0 Å². The van der Waals surface area contributed by atoms with Gasteiger partial charge in [0, 0.05) is 20.8 Å². The van der Waals surface area contributed by atoms with Gasteiger partial charge in [-0.15, -0.1) is 11.3 Å². The lowest BCUT2D eigenvalue weighted by atomic mass is 10.1. The molecule has 2 heterocycles. The van der Waals surface area contributed by atoms with E-state index in [9.17, 15) is 9.90 Å². The Hall–Kier alpha value is -2.49. The highest BCUT2D eigenvalue weighted by Gasteiger charge is 2.13. The fraction of sp³-hybridized carbons (Fsp3) is 0. The van der Waals surface area contributed by atoms with Crippen molar-refractivity contribution in [1.82, 2.24) is 4.98 Å². The molecule has 0 aliphatic rings. The average molecular weight is 521 g/mol. The van der Waals surface area contributed by atoms with Crippen molar-refractivity contribution in [3.8, 4) is 17.0 Å². The van der Waals surface area contributed by atoms with Crippen LogP contribution < -0.4 is 11.1 Å². The number of benzene rings is 2. The second-order valence-corrected chi connectivity index (χ2v) is 8.35. The maximum Gasteiger partial charge on any atom is 0.345 e. The Morgan fingerprint density at radius 3 is 2.86 bits per heavy atom. The van der Waals surface area contributed by atoms with Crippen LogP contribution in [0.5, 0.6) is 5.75 Å². The zero-order chi connectivity index (χ0) is 19.7. The number of para-hydroxylation sites is 1. The van der Waals surface area contributed by atoms with Gasteiger partial charge < -0.3 is 9.52 Å². The minimum atomic E-state index is -0.468. The molecule has 140 valence electrons. The summed E-state index contributed by atoms with van der Waals surface area (Å²) in [6, 6.07) is 12.3. The standard InChI is InChI=1S/C19H11Br2N3O3S/c20-12-5-11-6-13(18(26)27-17(11)14(21)7-12)15-9-28-19(23-15)24-22-8-10-3-1-2-4-16(10)25/h1-9,25H,(H,23,24)/b22-8-. The van der Waals surface area contributed by atoms with Crippen LogP contribution >= 0.6 is 43.2 Å². The number of nitrogens with one attached hydrogen (secondary N) is 1.